The Morgan fingerprint density at radius 2 is 1.91 bits per heavy atom. The smallest absolute Gasteiger partial charge is 0.224 e. The minimum atomic E-state index is -0.160. The van der Waals surface area contributed by atoms with Crippen LogP contribution in [0, 0.1) is 0 Å². The first-order valence-electron chi connectivity index (χ1n) is 7.52. The molecule has 122 valence electrons. The SMILES string of the molecule is CCN(CC)C(=O)CCCC(=O)Nc1cc(OC)ccc1N. The number of carbonyl (C=O) groups excluding carboxylic acids is 2. The number of nitrogens with two attached hydrogens (primary N) is 1. The lowest BCUT2D eigenvalue weighted by molar-refractivity contribution is -0.130. The van der Waals surface area contributed by atoms with E-state index >= 15 is 0 Å². The molecule has 0 bridgehead atoms. The Labute approximate surface area is 131 Å². The van der Waals surface area contributed by atoms with Crippen molar-refractivity contribution in [1.82, 2.24) is 4.90 Å². The molecule has 0 aliphatic carbocycles. The molecule has 0 aliphatic rings. The molecule has 1 aromatic carbocycles. The number of nitrogens with one attached hydrogen (secondary N) is 1. The Bertz CT molecular complexity index is 513. The molecule has 6 nitrogen and oxygen atoms in total. The van der Waals surface area contributed by atoms with Crippen molar-refractivity contribution in [3.05, 3.63) is 18.2 Å². The Balaban J connectivity index is 2.45. The van der Waals surface area contributed by atoms with Crippen molar-refractivity contribution in [2.24, 2.45) is 0 Å². The highest BCUT2D eigenvalue weighted by molar-refractivity contribution is 5.94. The number of amides is 2. The van der Waals surface area contributed by atoms with Gasteiger partial charge < -0.3 is 20.7 Å². The maximum absolute atomic E-state index is 11.9. The number of carbonyl (C=O) groups is 2. The molecule has 0 saturated heterocycles. The molecule has 22 heavy (non-hydrogen) atoms. The third-order valence-electron chi connectivity index (χ3n) is 3.45. The minimum Gasteiger partial charge on any atom is -0.497 e. The first-order valence-corrected chi connectivity index (χ1v) is 7.52. The third-order valence-corrected chi connectivity index (χ3v) is 3.45. The number of nitrogens with zero attached hydrogens (tertiary/aromatic N) is 1. The van der Waals surface area contributed by atoms with E-state index in [1.807, 2.05) is 13.8 Å². The normalized spacial score (nSPS) is 10.1. The van der Waals surface area contributed by atoms with Crippen molar-refractivity contribution < 1.29 is 14.3 Å². The molecule has 0 fully saturated rings. The van der Waals surface area contributed by atoms with Crippen molar-refractivity contribution in [2.45, 2.75) is 33.1 Å². The van der Waals surface area contributed by atoms with E-state index in [0.717, 1.165) is 0 Å². The summed E-state index contributed by atoms with van der Waals surface area (Å²) >= 11 is 0. The van der Waals surface area contributed by atoms with E-state index in [-0.39, 0.29) is 18.2 Å². The molecular formula is C16H25N3O3. The first kappa shape index (κ1) is 17.8. The van der Waals surface area contributed by atoms with Crippen LogP contribution in [0.1, 0.15) is 33.1 Å². The molecular weight excluding hydrogens is 282 g/mol. The monoisotopic (exact) mass is 307 g/mol. The lowest BCUT2D eigenvalue weighted by atomic mass is 10.2. The lowest BCUT2D eigenvalue weighted by Crippen LogP contribution is -2.30. The maximum atomic E-state index is 11.9. The highest BCUT2D eigenvalue weighted by Crippen LogP contribution is 2.24. The lowest BCUT2D eigenvalue weighted by Gasteiger charge is -2.18. The van der Waals surface area contributed by atoms with Crippen LogP contribution in [0.25, 0.3) is 0 Å². The average molecular weight is 307 g/mol. The first-order chi connectivity index (χ1) is 10.5. The van der Waals surface area contributed by atoms with Crippen LogP contribution >= 0.6 is 0 Å². The van der Waals surface area contributed by atoms with Crippen LogP contribution in [0.3, 0.4) is 0 Å². The predicted octanol–water partition coefficient (Wildman–Crippen LogP) is 2.25. The second kappa shape index (κ2) is 8.92. The van der Waals surface area contributed by atoms with Gasteiger partial charge >= 0.3 is 0 Å². The summed E-state index contributed by atoms with van der Waals surface area (Å²) < 4.78 is 5.10. The van der Waals surface area contributed by atoms with Crippen LogP contribution in [0.15, 0.2) is 18.2 Å². The number of hydrogen-bond donors (Lipinski definition) is 2. The van der Waals surface area contributed by atoms with Crippen LogP contribution in [0.4, 0.5) is 11.4 Å². The van der Waals surface area contributed by atoms with E-state index in [0.29, 0.717) is 43.1 Å². The molecule has 6 heteroatoms. The minimum absolute atomic E-state index is 0.0821. The molecule has 0 heterocycles. The fraction of sp³-hybridized carbons (Fsp3) is 0.500. The van der Waals surface area contributed by atoms with Gasteiger partial charge in [-0.05, 0) is 32.4 Å². The molecule has 0 unspecified atom stereocenters. The van der Waals surface area contributed by atoms with Gasteiger partial charge in [-0.1, -0.05) is 0 Å². The molecule has 2 amide bonds. The van der Waals surface area contributed by atoms with Crippen molar-refractivity contribution in [1.29, 1.82) is 0 Å². The standard InChI is InChI=1S/C16H25N3O3/c1-4-19(5-2)16(21)8-6-7-15(20)18-14-11-12(22-3)9-10-13(14)17/h9-11H,4-8,17H2,1-3H3,(H,18,20). The summed E-state index contributed by atoms with van der Waals surface area (Å²) in [5.74, 6) is 0.548. The molecule has 0 aliphatic heterocycles. The number of rotatable bonds is 8. The predicted molar refractivity (Wildman–Crippen MR) is 87.8 cm³/mol. The summed E-state index contributed by atoms with van der Waals surface area (Å²) in [4.78, 5) is 25.5. The van der Waals surface area contributed by atoms with E-state index in [4.69, 9.17) is 10.5 Å². The highest BCUT2D eigenvalue weighted by Gasteiger charge is 2.11. The number of ether oxygens (including phenoxy) is 1. The Hall–Kier alpha value is -2.24. The van der Waals surface area contributed by atoms with Crippen molar-refractivity contribution in [3.63, 3.8) is 0 Å². The molecule has 0 aromatic heterocycles. The van der Waals surface area contributed by atoms with E-state index in [9.17, 15) is 9.59 Å². The number of benzene rings is 1. The zero-order chi connectivity index (χ0) is 16.5. The number of anilines is 2. The van der Waals surface area contributed by atoms with E-state index in [1.54, 1.807) is 30.2 Å². The van der Waals surface area contributed by atoms with Gasteiger partial charge in [0, 0.05) is 32.0 Å². The van der Waals surface area contributed by atoms with Crippen LogP contribution < -0.4 is 15.8 Å². The van der Waals surface area contributed by atoms with Gasteiger partial charge in [0.1, 0.15) is 5.75 Å². The molecule has 1 rings (SSSR count). The Kier molecular flexibility index (Phi) is 7.22. The maximum Gasteiger partial charge on any atom is 0.224 e. The van der Waals surface area contributed by atoms with Gasteiger partial charge in [-0.2, -0.15) is 0 Å². The summed E-state index contributed by atoms with van der Waals surface area (Å²) in [6.45, 7) is 5.28. The number of hydrogen-bond acceptors (Lipinski definition) is 4. The topological polar surface area (TPSA) is 84.7 Å². The van der Waals surface area contributed by atoms with E-state index < -0.39 is 0 Å². The summed E-state index contributed by atoms with van der Waals surface area (Å²) in [7, 11) is 1.55. The molecule has 0 radical (unpaired) electrons. The van der Waals surface area contributed by atoms with Crippen LogP contribution in [0.5, 0.6) is 5.75 Å². The summed E-state index contributed by atoms with van der Waals surface area (Å²) in [5.41, 5.74) is 6.82. The molecule has 0 spiro atoms. The zero-order valence-corrected chi connectivity index (χ0v) is 13.5. The van der Waals surface area contributed by atoms with Crippen LogP contribution in [-0.4, -0.2) is 36.9 Å². The molecule has 1 aromatic rings. The van der Waals surface area contributed by atoms with Gasteiger partial charge in [-0.15, -0.1) is 0 Å². The van der Waals surface area contributed by atoms with Gasteiger partial charge in [0.15, 0.2) is 0 Å². The summed E-state index contributed by atoms with van der Waals surface area (Å²) in [6.07, 6.45) is 1.18. The zero-order valence-electron chi connectivity index (χ0n) is 13.5. The number of methoxy groups -OCH3 is 1. The quantitative estimate of drug-likeness (QED) is 0.721. The largest absolute Gasteiger partial charge is 0.497 e. The fourth-order valence-electron chi connectivity index (χ4n) is 2.12. The van der Waals surface area contributed by atoms with E-state index in [1.165, 1.54) is 0 Å². The van der Waals surface area contributed by atoms with Gasteiger partial charge in [0.25, 0.3) is 0 Å². The Morgan fingerprint density at radius 1 is 1.23 bits per heavy atom. The van der Waals surface area contributed by atoms with E-state index in [2.05, 4.69) is 5.32 Å². The fourth-order valence-corrected chi connectivity index (χ4v) is 2.12. The van der Waals surface area contributed by atoms with Crippen molar-refractivity contribution >= 4 is 23.2 Å². The second-order valence-corrected chi connectivity index (χ2v) is 4.92. The van der Waals surface area contributed by atoms with Gasteiger partial charge in [-0.3, -0.25) is 9.59 Å². The third kappa shape index (κ3) is 5.27. The van der Waals surface area contributed by atoms with Crippen LogP contribution in [0.2, 0.25) is 0 Å². The summed E-state index contributed by atoms with van der Waals surface area (Å²) in [5, 5.41) is 2.75. The van der Waals surface area contributed by atoms with Gasteiger partial charge in [-0.25, -0.2) is 0 Å². The number of nitrogen functional groups attached to an aromatic ring is 1. The highest BCUT2D eigenvalue weighted by atomic mass is 16.5. The van der Waals surface area contributed by atoms with Crippen molar-refractivity contribution in [2.75, 3.05) is 31.2 Å². The molecule has 3 N–H and O–H groups in total. The molecule has 0 saturated carbocycles. The van der Waals surface area contributed by atoms with Gasteiger partial charge in [0.2, 0.25) is 11.8 Å². The molecule has 0 atom stereocenters. The van der Waals surface area contributed by atoms with Gasteiger partial charge in [0.05, 0.1) is 18.5 Å². The Morgan fingerprint density at radius 3 is 2.50 bits per heavy atom. The second-order valence-electron chi connectivity index (χ2n) is 4.92. The average Bonchev–Trinajstić information content (AvgIpc) is 2.50. The van der Waals surface area contributed by atoms with Crippen LogP contribution in [-0.2, 0) is 9.59 Å². The van der Waals surface area contributed by atoms with Crippen molar-refractivity contribution in [3.8, 4) is 5.75 Å². The summed E-state index contributed by atoms with van der Waals surface area (Å²) in [6, 6.07) is 5.08.